The minimum absolute atomic E-state index is 0.0794. The Morgan fingerprint density at radius 3 is 2.50 bits per heavy atom. The molecule has 0 spiro atoms. The number of benzene rings is 3. The summed E-state index contributed by atoms with van der Waals surface area (Å²) >= 11 is 0. The SMILES string of the molecule is CCC1CN(CCOc2ccc([C@@H]3Oc4ccc(O)cc4C(C)=C3c3ccc(O)c(OC)c3)cc2)C1. The molecule has 2 aliphatic heterocycles. The van der Waals surface area contributed by atoms with Crippen LogP contribution in [0.2, 0.25) is 0 Å². The summed E-state index contributed by atoms with van der Waals surface area (Å²) in [7, 11) is 1.53. The highest BCUT2D eigenvalue weighted by Crippen LogP contribution is 2.48. The van der Waals surface area contributed by atoms with E-state index in [-0.39, 0.29) is 17.6 Å². The molecule has 0 aromatic heterocycles. The first-order valence-electron chi connectivity index (χ1n) is 12.5. The molecule has 1 fully saturated rings. The molecule has 0 amide bonds. The van der Waals surface area contributed by atoms with Gasteiger partial charge in [0.2, 0.25) is 0 Å². The molecule has 5 rings (SSSR count). The van der Waals surface area contributed by atoms with Gasteiger partial charge in [0.15, 0.2) is 11.5 Å². The molecular weight excluding hydrogens is 454 g/mol. The lowest BCUT2D eigenvalue weighted by Gasteiger charge is -2.38. The van der Waals surface area contributed by atoms with Crippen molar-refractivity contribution < 1.29 is 24.4 Å². The minimum atomic E-state index is -0.377. The first kappa shape index (κ1) is 24.1. The van der Waals surface area contributed by atoms with Crippen LogP contribution in [0.1, 0.15) is 43.1 Å². The maximum atomic E-state index is 10.1. The van der Waals surface area contributed by atoms with Crippen molar-refractivity contribution in [2.24, 2.45) is 5.92 Å². The molecule has 2 heterocycles. The summed E-state index contributed by atoms with van der Waals surface area (Å²) in [5.74, 6) is 3.04. The molecule has 6 nitrogen and oxygen atoms in total. The Labute approximate surface area is 212 Å². The van der Waals surface area contributed by atoms with Crippen LogP contribution in [0.4, 0.5) is 0 Å². The molecule has 0 unspecified atom stereocenters. The molecule has 0 aliphatic carbocycles. The number of allylic oxidation sites excluding steroid dienone is 1. The Kier molecular flexibility index (Phi) is 6.79. The molecule has 6 heteroatoms. The van der Waals surface area contributed by atoms with E-state index in [0.717, 1.165) is 46.0 Å². The number of phenols is 2. The molecule has 0 saturated carbocycles. The first-order valence-corrected chi connectivity index (χ1v) is 12.5. The van der Waals surface area contributed by atoms with E-state index < -0.39 is 0 Å². The van der Waals surface area contributed by atoms with Crippen LogP contribution in [0, 0.1) is 5.92 Å². The van der Waals surface area contributed by atoms with Gasteiger partial charge in [0, 0.05) is 30.8 Å². The molecular formula is C30H33NO5. The third-order valence-electron chi connectivity index (χ3n) is 7.24. The van der Waals surface area contributed by atoms with E-state index in [1.54, 1.807) is 24.3 Å². The number of ether oxygens (including phenoxy) is 3. The molecule has 2 aliphatic rings. The second-order valence-corrected chi connectivity index (χ2v) is 9.56. The summed E-state index contributed by atoms with van der Waals surface area (Å²) in [6.45, 7) is 8.24. The van der Waals surface area contributed by atoms with Gasteiger partial charge in [0.1, 0.15) is 30.0 Å². The zero-order valence-electron chi connectivity index (χ0n) is 21.0. The van der Waals surface area contributed by atoms with Crippen molar-refractivity contribution in [3.8, 4) is 28.7 Å². The van der Waals surface area contributed by atoms with Gasteiger partial charge in [-0.3, -0.25) is 4.90 Å². The summed E-state index contributed by atoms with van der Waals surface area (Å²) in [6.07, 6.45) is 0.873. The Morgan fingerprint density at radius 1 is 1.00 bits per heavy atom. The van der Waals surface area contributed by atoms with Crippen LogP contribution in [0.5, 0.6) is 28.7 Å². The van der Waals surface area contributed by atoms with Crippen molar-refractivity contribution in [3.05, 3.63) is 77.4 Å². The minimum Gasteiger partial charge on any atom is -0.508 e. The van der Waals surface area contributed by atoms with Gasteiger partial charge in [-0.1, -0.05) is 31.5 Å². The number of rotatable bonds is 8. The maximum absolute atomic E-state index is 10.1. The topological polar surface area (TPSA) is 71.4 Å². The number of likely N-dealkylation sites (tertiary alicyclic amines) is 1. The number of hydrogen-bond donors (Lipinski definition) is 2. The van der Waals surface area contributed by atoms with E-state index in [9.17, 15) is 10.2 Å². The Morgan fingerprint density at radius 2 is 1.78 bits per heavy atom. The van der Waals surface area contributed by atoms with Gasteiger partial charge in [-0.25, -0.2) is 0 Å². The monoisotopic (exact) mass is 487 g/mol. The largest absolute Gasteiger partial charge is 0.508 e. The van der Waals surface area contributed by atoms with Crippen LogP contribution in [-0.2, 0) is 0 Å². The zero-order chi connectivity index (χ0) is 25.2. The zero-order valence-corrected chi connectivity index (χ0v) is 21.0. The van der Waals surface area contributed by atoms with Crippen molar-refractivity contribution in [1.29, 1.82) is 0 Å². The highest BCUT2D eigenvalue weighted by atomic mass is 16.5. The van der Waals surface area contributed by atoms with Gasteiger partial charge in [0.25, 0.3) is 0 Å². The van der Waals surface area contributed by atoms with Crippen LogP contribution in [0.3, 0.4) is 0 Å². The summed E-state index contributed by atoms with van der Waals surface area (Å²) in [4.78, 5) is 2.43. The lowest BCUT2D eigenvalue weighted by atomic mass is 9.86. The van der Waals surface area contributed by atoms with Crippen molar-refractivity contribution in [1.82, 2.24) is 4.90 Å². The summed E-state index contributed by atoms with van der Waals surface area (Å²) < 4.78 is 17.9. The molecule has 1 saturated heterocycles. The van der Waals surface area contributed by atoms with Crippen LogP contribution in [0.15, 0.2) is 60.7 Å². The van der Waals surface area contributed by atoms with E-state index >= 15 is 0 Å². The summed E-state index contributed by atoms with van der Waals surface area (Å²) in [6, 6.07) is 18.5. The maximum Gasteiger partial charge on any atom is 0.161 e. The number of hydrogen-bond acceptors (Lipinski definition) is 6. The predicted octanol–water partition coefficient (Wildman–Crippen LogP) is 5.89. The Balaban J connectivity index is 1.41. The molecule has 188 valence electrons. The quantitative estimate of drug-likeness (QED) is 0.413. The Hall–Kier alpha value is -3.64. The van der Waals surface area contributed by atoms with Crippen molar-refractivity contribution >= 4 is 11.1 Å². The number of methoxy groups -OCH3 is 1. The number of fused-ring (bicyclic) bond motifs is 1. The van der Waals surface area contributed by atoms with Gasteiger partial charge in [0.05, 0.1) is 7.11 Å². The van der Waals surface area contributed by atoms with Gasteiger partial charge >= 0.3 is 0 Å². The normalized spacial score (nSPS) is 17.8. The second kappa shape index (κ2) is 10.2. The fourth-order valence-electron chi connectivity index (χ4n) is 5.04. The average molecular weight is 488 g/mol. The van der Waals surface area contributed by atoms with Crippen molar-refractivity contribution in [2.75, 3.05) is 33.4 Å². The van der Waals surface area contributed by atoms with E-state index in [1.807, 2.05) is 43.3 Å². The molecule has 0 bridgehead atoms. The second-order valence-electron chi connectivity index (χ2n) is 9.56. The number of aromatic hydroxyl groups is 2. The van der Waals surface area contributed by atoms with E-state index in [2.05, 4.69) is 11.8 Å². The lowest BCUT2D eigenvalue weighted by Crippen LogP contribution is -2.47. The molecule has 36 heavy (non-hydrogen) atoms. The fraction of sp³-hybridized carbons (Fsp3) is 0.333. The predicted molar refractivity (Wildman–Crippen MR) is 141 cm³/mol. The van der Waals surface area contributed by atoms with Crippen LogP contribution in [-0.4, -0.2) is 48.5 Å². The van der Waals surface area contributed by atoms with Crippen molar-refractivity contribution in [2.45, 2.75) is 26.4 Å². The number of nitrogens with zero attached hydrogens (tertiary/aromatic N) is 1. The smallest absolute Gasteiger partial charge is 0.161 e. The van der Waals surface area contributed by atoms with E-state index in [0.29, 0.717) is 18.1 Å². The van der Waals surface area contributed by atoms with Gasteiger partial charge in [-0.2, -0.15) is 0 Å². The highest BCUT2D eigenvalue weighted by Gasteiger charge is 2.30. The summed E-state index contributed by atoms with van der Waals surface area (Å²) in [5, 5.41) is 20.2. The van der Waals surface area contributed by atoms with Gasteiger partial charge in [-0.05, 0) is 72.0 Å². The molecule has 3 aromatic rings. The third-order valence-corrected chi connectivity index (χ3v) is 7.24. The molecule has 2 N–H and O–H groups in total. The van der Waals surface area contributed by atoms with E-state index in [4.69, 9.17) is 14.2 Å². The number of phenolic OH excluding ortho intramolecular Hbond substituents is 2. The standard InChI is InChI=1S/C30H33NO5/c1-4-20-17-31(18-20)13-14-35-24-9-5-21(6-10-24)30-29(22-7-11-26(33)28(15-22)34-3)19(2)25-16-23(32)8-12-27(25)36-30/h5-12,15-16,20,30,32-33H,4,13-14,17-18H2,1-3H3/t30-/m0/s1. The molecule has 1 atom stereocenters. The van der Waals surface area contributed by atoms with Gasteiger partial charge in [-0.15, -0.1) is 0 Å². The lowest BCUT2D eigenvalue weighted by molar-refractivity contribution is 0.0806. The van der Waals surface area contributed by atoms with Crippen LogP contribution in [0.25, 0.3) is 11.1 Å². The fourth-order valence-corrected chi connectivity index (χ4v) is 5.04. The van der Waals surface area contributed by atoms with Gasteiger partial charge < -0.3 is 24.4 Å². The molecule has 0 radical (unpaired) electrons. The van der Waals surface area contributed by atoms with Crippen molar-refractivity contribution in [3.63, 3.8) is 0 Å². The first-order chi connectivity index (χ1) is 17.5. The van der Waals surface area contributed by atoms with Crippen LogP contribution >= 0.6 is 0 Å². The highest BCUT2D eigenvalue weighted by molar-refractivity contribution is 5.96. The average Bonchev–Trinajstić information content (AvgIpc) is 2.86. The summed E-state index contributed by atoms with van der Waals surface area (Å²) in [5.41, 5.74) is 4.63. The molecule has 3 aromatic carbocycles. The van der Waals surface area contributed by atoms with Crippen LogP contribution < -0.4 is 14.2 Å². The third kappa shape index (κ3) is 4.73. The van der Waals surface area contributed by atoms with E-state index in [1.165, 1.54) is 26.6 Å². The Bertz CT molecular complexity index is 1260.